The van der Waals surface area contributed by atoms with E-state index < -0.39 is 0 Å². The Morgan fingerprint density at radius 2 is 2.20 bits per heavy atom. The van der Waals surface area contributed by atoms with Gasteiger partial charge < -0.3 is 5.32 Å². The Morgan fingerprint density at radius 3 is 2.90 bits per heavy atom. The molecule has 1 unspecified atom stereocenters. The van der Waals surface area contributed by atoms with Crippen molar-refractivity contribution in [1.29, 1.82) is 0 Å². The Labute approximate surface area is 121 Å². The van der Waals surface area contributed by atoms with Gasteiger partial charge in [-0.05, 0) is 36.7 Å². The lowest BCUT2D eigenvalue weighted by atomic mass is 10.1. The predicted molar refractivity (Wildman–Crippen MR) is 80.5 cm³/mol. The molecule has 0 amide bonds. The van der Waals surface area contributed by atoms with E-state index in [4.69, 9.17) is 0 Å². The first-order valence-corrected chi connectivity index (χ1v) is 7.32. The number of aromatic nitrogens is 2. The molecule has 3 rings (SSSR count). The van der Waals surface area contributed by atoms with Crippen molar-refractivity contribution in [2.75, 3.05) is 7.05 Å². The minimum Gasteiger partial charge on any atom is -0.312 e. The monoisotopic (exact) mass is 289 g/mol. The number of likely N-dealkylation sites (N-methyl/N-ethyl adjacent to an activating group) is 1. The Morgan fingerprint density at radius 1 is 1.35 bits per heavy atom. The average molecular weight is 289 g/mol. The molecule has 20 heavy (non-hydrogen) atoms. The second-order valence-corrected chi connectivity index (χ2v) is 5.97. The zero-order valence-electron chi connectivity index (χ0n) is 11.4. The zero-order chi connectivity index (χ0) is 14.1. The molecule has 0 spiro atoms. The molecule has 3 nitrogen and oxygen atoms in total. The Balaban J connectivity index is 1.90. The fourth-order valence-electron chi connectivity index (χ4n) is 2.32. The van der Waals surface area contributed by atoms with Crippen LogP contribution in [0, 0.1) is 5.82 Å². The van der Waals surface area contributed by atoms with Crippen molar-refractivity contribution in [1.82, 2.24) is 15.1 Å². The number of thiophene rings is 1. The van der Waals surface area contributed by atoms with Crippen molar-refractivity contribution in [3.63, 3.8) is 0 Å². The van der Waals surface area contributed by atoms with Crippen molar-refractivity contribution in [2.45, 2.75) is 12.5 Å². The van der Waals surface area contributed by atoms with E-state index in [0.717, 1.165) is 22.2 Å². The van der Waals surface area contributed by atoms with Gasteiger partial charge in [-0.25, -0.2) is 4.39 Å². The van der Waals surface area contributed by atoms with Gasteiger partial charge in [-0.15, -0.1) is 11.3 Å². The molecule has 0 bridgehead atoms. The van der Waals surface area contributed by atoms with Gasteiger partial charge in [0.2, 0.25) is 0 Å². The molecule has 3 aromatic rings. The molecule has 0 fully saturated rings. The third-order valence-electron chi connectivity index (χ3n) is 3.38. The minimum atomic E-state index is -0.184. The van der Waals surface area contributed by atoms with Gasteiger partial charge in [0.25, 0.3) is 0 Å². The lowest BCUT2D eigenvalue weighted by Gasteiger charge is -2.12. The van der Waals surface area contributed by atoms with Crippen molar-refractivity contribution < 1.29 is 4.39 Å². The van der Waals surface area contributed by atoms with Gasteiger partial charge in [0.05, 0.1) is 5.69 Å². The number of hydrogen-bond acceptors (Lipinski definition) is 3. The van der Waals surface area contributed by atoms with Crippen molar-refractivity contribution in [3.8, 4) is 0 Å². The number of halogens is 1. The number of hydrogen-bond donors (Lipinski definition) is 1. The highest BCUT2D eigenvalue weighted by atomic mass is 32.1. The topological polar surface area (TPSA) is 29.9 Å². The van der Waals surface area contributed by atoms with Crippen molar-refractivity contribution in [3.05, 3.63) is 52.9 Å². The molecular formula is C15H16FN3S. The summed E-state index contributed by atoms with van der Waals surface area (Å²) >= 11 is 1.63. The summed E-state index contributed by atoms with van der Waals surface area (Å²) in [4.78, 5) is 1.21. The summed E-state index contributed by atoms with van der Waals surface area (Å²) in [5, 5.41) is 8.82. The van der Waals surface area contributed by atoms with Crippen LogP contribution < -0.4 is 5.32 Å². The van der Waals surface area contributed by atoms with E-state index in [1.807, 2.05) is 37.1 Å². The largest absolute Gasteiger partial charge is 0.312 e. The van der Waals surface area contributed by atoms with E-state index >= 15 is 0 Å². The van der Waals surface area contributed by atoms with E-state index in [0.29, 0.717) is 0 Å². The van der Waals surface area contributed by atoms with Crippen LogP contribution >= 0.6 is 11.3 Å². The highest BCUT2D eigenvalue weighted by Gasteiger charge is 2.15. The maximum Gasteiger partial charge on any atom is 0.124 e. The number of benzene rings is 1. The SMILES string of the molecule is CNC(Cc1ccn(C)n1)c1cc2ccc(F)cc2s1. The maximum absolute atomic E-state index is 13.3. The van der Waals surface area contributed by atoms with Crippen molar-refractivity contribution in [2.24, 2.45) is 7.05 Å². The fraction of sp³-hybridized carbons (Fsp3) is 0.267. The minimum absolute atomic E-state index is 0.184. The number of rotatable bonds is 4. The van der Waals surface area contributed by atoms with E-state index in [-0.39, 0.29) is 11.9 Å². The molecule has 0 saturated heterocycles. The molecule has 104 valence electrons. The summed E-state index contributed by atoms with van der Waals surface area (Å²) in [6.07, 6.45) is 2.77. The number of fused-ring (bicyclic) bond motifs is 1. The Bertz CT molecular complexity index is 732. The molecule has 2 aromatic heterocycles. The number of nitrogens with one attached hydrogen (secondary N) is 1. The van der Waals surface area contributed by atoms with Gasteiger partial charge >= 0.3 is 0 Å². The summed E-state index contributed by atoms with van der Waals surface area (Å²) < 4.78 is 16.1. The first kappa shape index (κ1) is 13.3. The van der Waals surface area contributed by atoms with Crippen LogP contribution in [-0.2, 0) is 13.5 Å². The molecule has 0 aliphatic heterocycles. The summed E-state index contributed by atoms with van der Waals surface area (Å²) in [6.45, 7) is 0. The highest BCUT2D eigenvalue weighted by Crippen LogP contribution is 2.31. The van der Waals surface area contributed by atoms with Crippen molar-refractivity contribution >= 4 is 21.4 Å². The van der Waals surface area contributed by atoms with Crippen LogP contribution in [0.4, 0.5) is 4.39 Å². The van der Waals surface area contributed by atoms with Crippen LogP contribution in [0.15, 0.2) is 36.5 Å². The third kappa shape index (κ3) is 2.59. The summed E-state index contributed by atoms with van der Waals surface area (Å²) in [5.74, 6) is -0.184. The number of aryl methyl sites for hydroxylation is 1. The fourth-order valence-corrected chi connectivity index (χ4v) is 3.52. The van der Waals surface area contributed by atoms with Crippen LogP contribution in [0.1, 0.15) is 16.6 Å². The van der Waals surface area contributed by atoms with Crippen LogP contribution in [0.5, 0.6) is 0 Å². The highest BCUT2D eigenvalue weighted by molar-refractivity contribution is 7.19. The second-order valence-electron chi connectivity index (χ2n) is 4.86. The quantitative estimate of drug-likeness (QED) is 0.799. The van der Waals surface area contributed by atoms with E-state index in [1.54, 1.807) is 17.4 Å². The average Bonchev–Trinajstić information content (AvgIpc) is 3.01. The smallest absolute Gasteiger partial charge is 0.124 e. The van der Waals surface area contributed by atoms with Crippen LogP contribution in [0.25, 0.3) is 10.1 Å². The molecule has 1 aromatic carbocycles. The van der Waals surface area contributed by atoms with Crippen LogP contribution in [-0.4, -0.2) is 16.8 Å². The lowest BCUT2D eigenvalue weighted by Crippen LogP contribution is -2.18. The maximum atomic E-state index is 13.3. The van der Waals surface area contributed by atoms with Crippen LogP contribution in [0.2, 0.25) is 0 Å². The summed E-state index contributed by atoms with van der Waals surface area (Å²) in [6, 6.07) is 9.28. The molecule has 0 aliphatic rings. The lowest BCUT2D eigenvalue weighted by molar-refractivity contribution is 0.586. The van der Waals surface area contributed by atoms with Gasteiger partial charge in [0.1, 0.15) is 5.82 Å². The molecule has 0 aliphatic carbocycles. The summed E-state index contributed by atoms with van der Waals surface area (Å²) in [7, 11) is 3.86. The van der Waals surface area contributed by atoms with Gasteiger partial charge in [0, 0.05) is 35.3 Å². The molecule has 1 N–H and O–H groups in total. The van der Waals surface area contributed by atoms with E-state index in [9.17, 15) is 4.39 Å². The molecule has 0 radical (unpaired) electrons. The molecule has 0 saturated carbocycles. The Kier molecular flexibility index (Phi) is 3.54. The van der Waals surface area contributed by atoms with E-state index in [2.05, 4.69) is 16.5 Å². The molecular weight excluding hydrogens is 273 g/mol. The normalized spacial score (nSPS) is 12.9. The molecule has 5 heteroatoms. The third-order valence-corrected chi connectivity index (χ3v) is 4.59. The Hall–Kier alpha value is -1.72. The van der Waals surface area contributed by atoms with Crippen LogP contribution in [0.3, 0.4) is 0 Å². The number of nitrogens with zero attached hydrogens (tertiary/aromatic N) is 2. The van der Waals surface area contributed by atoms with Gasteiger partial charge in [-0.1, -0.05) is 6.07 Å². The van der Waals surface area contributed by atoms with Gasteiger partial charge in [-0.2, -0.15) is 5.10 Å². The first-order chi connectivity index (χ1) is 9.65. The first-order valence-electron chi connectivity index (χ1n) is 6.50. The second kappa shape index (κ2) is 5.34. The van der Waals surface area contributed by atoms with E-state index in [1.165, 1.54) is 10.9 Å². The van der Waals surface area contributed by atoms with Gasteiger partial charge in [0.15, 0.2) is 0 Å². The van der Waals surface area contributed by atoms with Gasteiger partial charge in [-0.3, -0.25) is 4.68 Å². The summed E-state index contributed by atoms with van der Waals surface area (Å²) in [5.41, 5.74) is 1.05. The molecule has 1 atom stereocenters. The standard InChI is InChI=1S/C15H16FN3S/c1-17-13(9-12-5-6-19(2)18-12)15-7-10-3-4-11(16)8-14(10)20-15/h3-8,13,17H,9H2,1-2H3. The zero-order valence-corrected chi connectivity index (χ0v) is 12.2. The predicted octanol–water partition coefficient (Wildman–Crippen LogP) is 3.28. The molecule has 2 heterocycles.